The molecule has 0 spiro atoms. The zero-order valence-corrected chi connectivity index (χ0v) is 12.2. The van der Waals surface area contributed by atoms with Crippen LogP contribution >= 0.6 is 0 Å². The molecule has 0 aliphatic carbocycles. The summed E-state index contributed by atoms with van der Waals surface area (Å²) in [7, 11) is -0.900. The number of anilines is 2. The molecule has 1 fully saturated rings. The molecule has 1 saturated heterocycles. The molecule has 0 saturated carbocycles. The standard InChI is InChI=1S/C14H18N2O3S/c1-2-7-19-12-5-3-4-10-13(12)15-14(17)11-9-20(18)8-6-16(10)11/h3-5,11H,2,6-9H2,1H3,(H,15,17). The van der Waals surface area contributed by atoms with Gasteiger partial charge in [-0.25, -0.2) is 0 Å². The maximum atomic E-state index is 12.2. The van der Waals surface area contributed by atoms with Crippen LogP contribution in [0.5, 0.6) is 5.75 Å². The van der Waals surface area contributed by atoms with Gasteiger partial charge in [-0.2, -0.15) is 0 Å². The molecule has 2 atom stereocenters. The van der Waals surface area contributed by atoms with E-state index < -0.39 is 10.8 Å². The Hall–Kier alpha value is -1.56. The van der Waals surface area contributed by atoms with Crippen molar-refractivity contribution in [2.45, 2.75) is 19.4 Å². The minimum absolute atomic E-state index is 0.0851. The van der Waals surface area contributed by atoms with Gasteiger partial charge in [0.15, 0.2) is 0 Å². The summed E-state index contributed by atoms with van der Waals surface area (Å²) < 4.78 is 17.4. The highest BCUT2D eigenvalue weighted by Crippen LogP contribution is 2.40. The topological polar surface area (TPSA) is 58.6 Å². The number of nitrogens with zero attached hydrogens (tertiary/aromatic N) is 1. The third kappa shape index (κ3) is 2.28. The van der Waals surface area contributed by atoms with E-state index in [4.69, 9.17) is 4.74 Å². The van der Waals surface area contributed by atoms with Crippen molar-refractivity contribution in [1.29, 1.82) is 0 Å². The molecule has 2 heterocycles. The molecule has 1 N–H and O–H groups in total. The second kappa shape index (κ2) is 5.44. The molecule has 0 bridgehead atoms. The van der Waals surface area contributed by atoms with Gasteiger partial charge < -0.3 is 15.0 Å². The van der Waals surface area contributed by atoms with Crippen molar-refractivity contribution in [2.24, 2.45) is 0 Å². The molecule has 1 aromatic rings. The van der Waals surface area contributed by atoms with Crippen molar-refractivity contribution in [2.75, 3.05) is 34.9 Å². The Kier molecular flexibility index (Phi) is 3.65. The molecule has 2 aliphatic heterocycles. The van der Waals surface area contributed by atoms with E-state index in [1.54, 1.807) is 0 Å². The van der Waals surface area contributed by atoms with Crippen molar-refractivity contribution in [3.05, 3.63) is 18.2 Å². The van der Waals surface area contributed by atoms with Crippen LogP contribution in [0, 0.1) is 0 Å². The maximum absolute atomic E-state index is 12.2. The molecule has 0 aromatic heterocycles. The molecular weight excluding hydrogens is 276 g/mol. The van der Waals surface area contributed by atoms with E-state index in [0.29, 0.717) is 30.4 Å². The second-order valence-corrected chi connectivity index (χ2v) is 6.63. The van der Waals surface area contributed by atoms with Crippen molar-refractivity contribution >= 4 is 28.1 Å². The Morgan fingerprint density at radius 2 is 2.35 bits per heavy atom. The first kappa shape index (κ1) is 13.4. The molecule has 0 radical (unpaired) electrons. The van der Waals surface area contributed by atoms with Gasteiger partial charge in [-0.3, -0.25) is 9.00 Å². The molecule has 2 unspecified atom stereocenters. The summed E-state index contributed by atoms with van der Waals surface area (Å²) in [5.41, 5.74) is 1.72. The normalized spacial score (nSPS) is 24.6. The van der Waals surface area contributed by atoms with E-state index in [9.17, 15) is 9.00 Å². The van der Waals surface area contributed by atoms with E-state index in [-0.39, 0.29) is 11.9 Å². The monoisotopic (exact) mass is 294 g/mol. The predicted molar refractivity (Wildman–Crippen MR) is 79.9 cm³/mol. The van der Waals surface area contributed by atoms with Gasteiger partial charge in [0.05, 0.1) is 18.0 Å². The first-order chi connectivity index (χ1) is 9.70. The lowest BCUT2D eigenvalue weighted by molar-refractivity contribution is -0.117. The number of carbonyl (C=O) groups is 1. The fourth-order valence-electron chi connectivity index (χ4n) is 2.63. The van der Waals surface area contributed by atoms with Crippen molar-refractivity contribution in [1.82, 2.24) is 0 Å². The van der Waals surface area contributed by atoms with Gasteiger partial charge in [-0.15, -0.1) is 0 Å². The number of carbonyl (C=O) groups excluding carboxylic acids is 1. The Labute approximate surface area is 120 Å². The van der Waals surface area contributed by atoms with Crippen LogP contribution in [-0.2, 0) is 15.6 Å². The van der Waals surface area contributed by atoms with Gasteiger partial charge in [-0.05, 0) is 18.6 Å². The summed E-state index contributed by atoms with van der Waals surface area (Å²) in [6.45, 7) is 3.32. The number of hydrogen-bond acceptors (Lipinski definition) is 4. The number of fused-ring (bicyclic) bond motifs is 3. The third-order valence-corrected chi connectivity index (χ3v) is 4.93. The lowest BCUT2D eigenvalue weighted by Gasteiger charge is -2.40. The number of amides is 1. The first-order valence-corrected chi connectivity index (χ1v) is 8.38. The molecule has 5 nitrogen and oxygen atoms in total. The molecule has 3 rings (SSSR count). The van der Waals surface area contributed by atoms with Gasteiger partial charge in [-0.1, -0.05) is 13.0 Å². The van der Waals surface area contributed by atoms with Crippen LogP contribution < -0.4 is 15.0 Å². The van der Waals surface area contributed by atoms with Gasteiger partial charge in [0.25, 0.3) is 0 Å². The summed E-state index contributed by atoms with van der Waals surface area (Å²) in [6.07, 6.45) is 0.920. The lowest BCUT2D eigenvalue weighted by Crippen LogP contribution is -2.55. The van der Waals surface area contributed by atoms with E-state index in [0.717, 1.165) is 17.8 Å². The summed E-state index contributed by atoms with van der Waals surface area (Å²) in [6, 6.07) is 5.47. The highest BCUT2D eigenvalue weighted by molar-refractivity contribution is 7.85. The Morgan fingerprint density at radius 3 is 3.15 bits per heavy atom. The van der Waals surface area contributed by atoms with Crippen LogP contribution in [0.4, 0.5) is 11.4 Å². The summed E-state index contributed by atoms with van der Waals surface area (Å²) in [5, 5.41) is 2.92. The van der Waals surface area contributed by atoms with Crippen LogP contribution in [0.1, 0.15) is 13.3 Å². The van der Waals surface area contributed by atoms with E-state index in [2.05, 4.69) is 5.32 Å². The number of rotatable bonds is 3. The summed E-state index contributed by atoms with van der Waals surface area (Å²) >= 11 is 0. The molecule has 2 aliphatic rings. The van der Waals surface area contributed by atoms with Crippen molar-refractivity contribution < 1.29 is 13.7 Å². The van der Waals surface area contributed by atoms with Gasteiger partial charge in [0.2, 0.25) is 5.91 Å². The maximum Gasteiger partial charge on any atom is 0.248 e. The van der Waals surface area contributed by atoms with Crippen LogP contribution in [-0.4, -0.2) is 40.8 Å². The highest BCUT2D eigenvalue weighted by atomic mass is 32.2. The van der Waals surface area contributed by atoms with E-state index in [1.165, 1.54) is 0 Å². The van der Waals surface area contributed by atoms with Crippen LogP contribution in [0.3, 0.4) is 0 Å². The molecular formula is C14H18N2O3S. The zero-order valence-electron chi connectivity index (χ0n) is 11.4. The number of benzene rings is 1. The zero-order chi connectivity index (χ0) is 14.1. The number of para-hydroxylation sites is 1. The molecule has 6 heteroatoms. The lowest BCUT2D eigenvalue weighted by atomic mass is 10.1. The minimum atomic E-state index is -0.900. The molecule has 20 heavy (non-hydrogen) atoms. The highest BCUT2D eigenvalue weighted by Gasteiger charge is 2.38. The molecule has 1 aromatic carbocycles. The smallest absolute Gasteiger partial charge is 0.248 e. The third-order valence-electron chi connectivity index (χ3n) is 3.61. The molecule has 108 valence electrons. The van der Waals surface area contributed by atoms with Gasteiger partial charge in [0, 0.05) is 23.1 Å². The molecule has 1 amide bonds. The fraction of sp³-hybridized carbons (Fsp3) is 0.500. The number of ether oxygens (including phenoxy) is 1. The van der Waals surface area contributed by atoms with E-state index in [1.807, 2.05) is 30.0 Å². The average Bonchev–Trinajstić information content (AvgIpc) is 2.45. The van der Waals surface area contributed by atoms with Gasteiger partial charge >= 0.3 is 0 Å². The average molecular weight is 294 g/mol. The van der Waals surface area contributed by atoms with Crippen LogP contribution in [0.2, 0.25) is 0 Å². The van der Waals surface area contributed by atoms with Crippen molar-refractivity contribution in [3.63, 3.8) is 0 Å². The largest absolute Gasteiger partial charge is 0.491 e. The second-order valence-electron chi connectivity index (χ2n) is 5.01. The Bertz CT molecular complexity index is 561. The quantitative estimate of drug-likeness (QED) is 0.914. The fourth-order valence-corrected chi connectivity index (χ4v) is 3.88. The van der Waals surface area contributed by atoms with Crippen LogP contribution in [0.25, 0.3) is 0 Å². The van der Waals surface area contributed by atoms with Gasteiger partial charge in [0.1, 0.15) is 17.5 Å². The summed E-state index contributed by atoms with van der Waals surface area (Å²) in [5.74, 6) is 1.65. The SMILES string of the molecule is CCCOc1cccc2c1NC(=O)C1CS(=O)CCN21. The number of hydrogen-bond donors (Lipinski definition) is 1. The van der Waals surface area contributed by atoms with Crippen molar-refractivity contribution in [3.8, 4) is 5.75 Å². The first-order valence-electron chi connectivity index (χ1n) is 6.89. The number of nitrogens with one attached hydrogen (secondary N) is 1. The van der Waals surface area contributed by atoms with Crippen LogP contribution in [0.15, 0.2) is 18.2 Å². The Balaban J connectivity index is 1.96. The minimum Gasteiger partial charge on any atom is -0.491 e. The summed E-state index contributed by atoms with van der Waals surface area (Å²) in [4.78, 5) is 14.3. The van der Waals surface area contributed by atoms with E-state index >= 15 is 0 Å². The Morgan fingerprint density at radius 1 is 1.50 bits per heavy atom. The predicted octanol–water partition coefficient (Wildman–Crippen LogP) is 1.36.